The fourth-order valence-electron chi connectivity index (χ4n) is 2.32. The highest BCUT2D eigenvalue weighted by Crippen LogP contribution is 2.31. The van der Waals surface area contributed by atoms with Crippen molar-refractivity contribution in [2.24, 2.45) is 0 Å². The molecule has 1 aliphatic heterocycles. The van der Waals surface area contributed by atoms with Gasteiger partial charge in [-0.25, -0.2) is 4.39 Å². The quantitative estimate of drug-likeness (QED) is 0.871. The van der Waals surface area contributed by atoms with Crippen LogP contribution in [0, 0.1) is 5.82 Å². The van der Waals surface area contributed by atoms with E-state index in [0.717, 1.165) is 12.8 Å². The third kappa shape index (κ3) is 3.91. The zero-order valence-corrected chi connectivity index (χ0v) is 11.7. The fourth-order valence-corrected chi connectivity index (χ4v) is 2.32. The van der Waals surface area contributed by atoms with Gasteiger partial charge >= 0.3 is 0 Å². The average Bonchev–Trinajstić information content (AvgIpc) is 2.48. The second-order valence-electron chi connectivity index (χ2n) is 4.73. The first-order valence-corrected chi connectivity index (χ1v) is 7.01. The van der Waals surface area contributed by atoms with Crippen LogP contribution in [0.1, 0.15) is 31.4 Å². The lowest BCUT2D eigenvalue weighted by molar-refractivity contribution is -0.0855. The number of aliphatic hydroxyl groups is 1. The molecule has 4 nitrogen and oxygen atoms in total. The number of aliphatic hydroxyl groups excluding tert-OH is 1. The third-order valence-electron chi connectivity index (χ3n) is 3.31. The Kier molecular flexibility index (Phi) is 5.76. The minimum absolute atomic E-state index is 0.0265. The molecule has 1 saturated heterocycles. The van der Waals surface area contributed by atoms with Gasteiger partial charge in [-0.15, -0.1) is 0 Å². The van der Waals surface area contributed by atoms with Crippen LogP contribution in [0.25, 0.3) is 0 Å². The summed E-state index contributed by atoms with van der Waals surface area (Å²) >= 11 is 0. The van der Waals surface area contributed by atoms with E-state index in [1.807, 2.05) is 6.92 Å². The van der Waals surface area contributed by atoms with E-state index in [9.17, 15) is 9.50 Å². The molecule has 5 heteroatoms. The SMILES string of the molecule is CCOc1ccc(F)cc1[C@H](CO)OC1CCOCC1. The summed E-state index contributed by atoms with van der Waals surface area (Å²) in [4.78, 5) is 0. The van der Waals surface area contributed by atoms with E-state index in [4.69, 9.17) is 14.2 Å². The van der Waals surface area contributed by atoms with Gasteiger partial charge in [0, 0.05) is 18.8 Å². The number of ether oxygens (including phenoxy) is 3. The van der Waals surface area contributed by atoms with Gasteiger partial charge < -0.3 is 19.3 Å². The molecule has 0 aromatic heterocycles. The van der Waals surface area contributed by atoms with Crippen molar-refractivity contribution in [3.8, 4) is 5.75 Å². The zero-order chi connectivity index (χ0) is 14.4. The molecule has 0 radical (unpaired) electrons. The van der Waals surface area contributed by atoms with Gasteiger partial charge in [-0.1, -0.05) is 0 Å². The van der Waals surface area contributed by atoms with Crippen LogP contribution in [0.4, 0.5) is 4.39 Å². The predicted molar refractivity (Wildman–Crippen MR) is 72.3 cm³/mol. The molecule has 0 bridgehead atoms. The highest BCUT2D eigenvalue weighted by molar-refractivity contribution is 5.36. The smallest absolute Gasteiger partial charge is 0.125 e. The summed E-state index contributed by atoms with van der Waals surface area (Å²) in [5, 5.41) is 9.56. The lowest BCUT2D eigenvalue weighted by Gasteiger charge is -2.28. The first kappa shape index (κ1) is 15.2. The van der Waals surface area contributed by atoms with E-state index in [0.29, 0.717) is 31.1 Å². The highest BCUT2D eigenvalue weighted by atomic mass is 19.1. The topological polar surface area (TPSA) is 47.9 Å². The Hall–Kier alpha value is -1.17. The van der Waals surface area contributed by atoms with Crippen LogP contribution in [0.3, 0.4) is 0 Å². The van der Waals surface area contributed by atoms with E-state index < -0.39 is 6.10 Å². The lowest BCUT2D eigenvalue weighted by Crippen LogP contribution is -2.26. The molecular weight excluding hydrogens is 263 g/mol. The van der Waals surface area contributed by atoms with Crippen molar-refractivity contribution >= 4 is 0 Å². The molecule has 1 aromatic carbocycles. The van der Waals surface area contributed by atoms with Gasteiger partial charge in [0.15, 0.2) is 0 Å². The third-order valence-corrected chi connectivity index (χ3v) is 3.31. The summed E-state index contributed by atoms with van der Waals surface area (Å²) in [6.07, 6.45) is 1.03. The Morgan fingerprint density at radius 2 is 2.15 bits per heavy atom. The molecule has 1 atom stereocenters. The summed E-state index contributed by atoms with van der Waals surface area (Å²) in [6.45, 7) is 3.45. The molecule has 0 unspecified atom stereocenters. The molecule has 0 spiro atoms. The van der Waals surface area contributed by atoms with Crippen LogP contribution in [-0.4, -0.2) is 37.6 Å². The van der Waals surface area contributed by atoms with Gasteiger partial charge in [-0.2, -0.15) is 0 Å². The maximum Gasteiger partial charge on any atom is 0.125 e. The molecule has 1 heterocycles. The van der Waals surface area contributed by atoms with Crippen molar-refractivity contribution in [1.29, 1.82) is 0 Å². The van der Waals surface area contributed by atoms with Gasteiger partial charge in [0.25, 0.3) is 0 Å². The summed E-state index contributed by atoms with van der Waals surface area (Å²) in [7, 11) is 0. The normalized spacial score (nSPS) is 17.9. The van der Waals surface area contributed by atoms with Gasteiger partial charge in [0.1, 0.15) is 17.7 Å². The van der Waals surface area contributed by atoms with Gasteiger partial charge in [0.05, 0.1) is 19.3 Å². The summed E-state index contributed by atoms with van der Waals surface area (Å²) < 4.78 is 30.1. The maximum absolute atomic E-state index is 13.4. The van der Waals surface area contributed by atoms with Crippen molar-refractivity contribution < 1.29 is 23.7 Å². The summed E-state index contributed by atoms with van der Waals surface area (Å²) in [6, 6.07) is 4.28. The van der Waals surface area contributed by atoms with E-state index >= 15 is 0 Å². The standard InChI is InChI=1S/C15H21FO4/c1-2-19-14-4-3-11(16)9-13(14)15(10-17)20-12-5-7-18-8-6-12/h3-4,9,12,15,17H,2,5-8,10H2,1H3/t15-/m0/s1. The molecule has 112 valence electrons. The van der Waals surface area contributed by atoms with E-state index in [1.54, 1.807) is 6.07 Å². The average molecular weight is 284 g/mol. The van der Waals surface area contributed by atoms with Gasteiger partial charge in [0.2, 0.25) is 0 Å². The van der Waals surface area contributed by atoms with Crippen molar-refractivity contribution in [2.45, 2.75) is 32.0 Å². The van der Waals surface area contributed by atoms with Crippen LogP contribution >= 0.6 is 0 Å². The Bertz CT molecular complexity index is 418. The zero-order valence-electron chi connectivity index (χ0n) is 11.7. The van der Waals surface area contributed by atoms with E-state index in [1.165, 1.54) is 12.1 Å². The molecule has 1 aliphatic rings. The minimum Gasteiger partial charge on any atom is -0.493 e. The van der Waals surface area contributed by atoms with Gasteiger partial charge in [-0.05, 0) is 38.0 Å². The molecular formula is C15H21FO4. The second kappa shape index (κ2) is 7.57. The maximum atomic E-state index is 13.4. The Morgan fingerprint density at radius 1 is 1.40 bits per heavy atom. The molecule has 1 aromatic rings. The monoisotopic (exact) mass is 284 g/mol. The van der Waals surface area contributed by atoms with Crippen LogP contribution in [0.15, 0.2) is 18.2 Å². The fraction of sp³-hybridized carbons (Fsp3) is 0.600. The first-order chi connectivity index (χ1) is 9.74. The summed E-state index contributed by atoms with van der Waals surface area (Å²) in [5.74, 6) is 0.192. The van der Waals surface area contributed by atoms with Crippen molar-refractivity contribution in [2.75, 3.05) is 26.4 Å². The number of hydrogen-bond donors (Lipinski definition) is 1. The van der Waals surface area contributed by atoms with Crippen LogP contribution in [-0.2, 0) is 9.47 Å². The molecule has 1 fully saturated rings. The van der Waals surface area contributed by atoms with Gasteiger partial charge in [-0.3, -0.25) is 0 Å². The summed E-state index contributed by atoms with van der Waals surface area (Å²) in [5.41, 5.74) is 0.556. The number of halogens is 1. The number of rotatable bonds is 6. The van der Waals surface area contributed by atoms with Crippen molar-refractivity contribution in [1.82, 2.24) is 0 Å². The largest absolute Gasteiger partial charge is 0.493 e. The molecule has 0 saturated carbocycles. The molecule has 0 aliphatic carbocycles. The molecule has 2 rings (SSSR count). The lowest BCUT2D eigenvalue weighted by atomic mass is 10.1. The molecule has 20 heavy (non-hydrogen) atoms. The molecule has 1 N–H and O–H groups in total. The van der Waals surface area contributed by atoms with Crippen molar-refractivity contribution in [3.05, 3.63) is 29.6 Å². The Balaban J connectivity index is 2.14. The van der Waals surface area contributed by atoms with Crippen LogP contribution in [0.5, 0.6) is 5.75 Å². The second-order valence-corrected chi connectivity index (χ2v) is 4.73. The first-order valence-electron chi connectivity index (χ1n) is 7.01. The van der Waals surface area contributed by atoms with E-state index in [2.05, 4.69) is 0 Å². The Morgan fingerprint density at radius 3 is 2.80 bits per heavy atom. The highest BCUT2D eigenvalue weighted by Gasteiger charge is 2.23. The number of benzene rings is 1. The molecule has 0 amide bonds. The number of hydrogen-bond acceptors (Lipinski definition) is 4. The van der Waals surface area contributed by atoms with E-state index in [-0.39, 0.29) is 18.5 Å². The van der Waals surface area contributed by atoms with Crippen LogP contribution < -0.4 is 4.74 Å². The Labute approximate surface area is 118 Å². The minimum atomic E-state index is -0.574. The van der Waals surface area contributed by atoms with Crippen molar-refractivity contribution in [3.63, 3.8) is 0 Å². The van der Waals surface area contributed by atoms with Crippen LogP contribution in [0.2, 0.25) is 0 Å². The predicted octanol–water partition coefficient (Wildman–Crippen LogP) is 2.45.